The largest absolute Gasteiger partial charge is 0.465 e. The van der Waals surface area contributed by atoms with E-state index in [1.54, 1.807) is 32.0 Å². The van der Waals surface area contributed by atoms with Crippen molar-refractivity contribution >= 4 is 62.1 Å². The molecule has 0 bridgehead atoms. The Morgan fingerprint density at radius 3 is 2.65 bits per heavy atom. The molecule has 1 aliphatic heterocycles. The average molecular weight is 436 g/mol. The maximum atomic E-state index is 12.4. The van der Waals surface area contributed by atoms with Crippen LogP contribution in [0.4, 0.5) is 0 Å². The van der Waals surface area contributed by atoms with Crippen molar-refractivity contribution in [3.8, 4) is 0 Å². The predicted octanol–water partition coefficient (Wildman–Crippen LogP) is 3.00. The van der Waals surface area contributed by atoms with Gasteiger partial charge in [-0.25, -0.2) is 0 Å². The first kappa shape index (κ1) is 18.6. The fourth-order valence-electron chi connectivity index (χ4n) is 2.92. The number of rotatable bonds is 4. The Labute approximate surface area is 165 Å². The molecule has 0 N–H and O–H groups in total. The summed E-state index contributed by atoms with van der Waals surface area (Å²) in [6, 6.07) is 5.80. The monoisotopic (exact) mass is 435 g/mol. The third-order valence-electron chi connectivity index (χ3n) is 4.23. The first-order valence-corrected chi connectivity index (χ1v) is 9.25. The SMILES string of the molecule is CCOC(=O)Cn1cc(/C=C2/C(=O)N(C)C(=S)N2C)c2cc(Br)ccc21. The minimum atomic E-state index is -0.304. The van der Waals surface area contributed by atoms with Crippen LogP contribution in [0.5, 0.6) is 0 Å². The van der Waals surface area contributed by atoms with Crippen molar-refractivity contribution in [1.82, 2.24) is 14.4 Å². The molecule has 1 fully saturated rings. The molecule has 26 heavy (non-hydrogen) atoms. The highest BCUT2D eigenvalue weighted by Gasteiger charge is 2.33. The summed E-state index contributed by atoms with van der Waals surface area (Å²) in [6.07, 6.45) is 3.65. The molecular formula is C18H18BrN3O3S. The summed E-state index contributed by atoms with van der Waals surface area (Å²) in [5.41, 5.74) is 2.21. The first-order valence-electron chi connectivity index (χ1n) is 8.05. The van der Waals surface area contributed by atoms with Gasteiger partial charge in [0.05, 0.1) is 6.61 Å². The van der Waals surface area contributed by atoms with E-state index in [9.17, 15) is 9.59 Å². The molecule has 6 nitrogen and oxygen atoms in total. The maximum Gasteiger partial charge on any atom is 0.325 e. The molecule has 0 aliphatic carbocycles. The highest BCUT2D eigenvalue weighted by atomic mass is 79.9. The van der Waals surface area contributed by atoms with Crippen LogP contribution in [0.2, 0.25) is 0 Å². The van der Waals surface area contributed by atoms with Crippen LogP contribution in [-0.4, -0.2) is 52.1 Å². The number of likely N-dealkylation sites (N-methyl/N-ethyl adjacent to an activating group) is 2. The van der Waals surface area contributed by atoms with Gasteiger partial charge in [-0.05, 0) is 43.4 Å². The molecular weight excluding hydrogens is 418 g/mol. The summed E-state index contributed by atoms with van der Waals surface area (Å²) in [7, 11) is 3.42. The van der Waals surface area contributed by atoms with Crippen LogP contribution in [0.1, 0.15) is 12.5 Å². The van der Waals surface area contributed by atoms with Crippen LogP contribution in [0.15, 0.2) is 34.6 Å². The van der Waals surface area contributed by atoms with Crippen LogP contribution in [0, 0.1) is 0 Å². The van der Waals surface area contributed by atoms with Crippen molar-refractivity contribution in [2.75, 3.05) is 20.7 Å². The quantitative estimate of drug-likeness (QED) is 0.419. The highest BCUT2D eigenvalue weighted by molar-refractivity contribution is 9.10. The summed E-state index contributed by atoms with van der Waals surface area (Å²) in [5.74, 6) is -0.458. The maximum absolute atomic E-state index is 12.4. The molecule has 136 valence electrons. The lowest BCUT2D eigenvalue weighted by molar-refractivity contribution is -0.143. The number of amides is 1. The number of nitrogens with zero attached hydrogens (tertiary/aromatic N) is 3. The number of hydrogen-bond acceptors (Lipinski definition) is 4. The minimum absolute atomic E-state index is 0.108. The van der Waals surface area contributed by atoms with E-state index in [1.165, 1.54) is 4.90 Å². The summed E-state index contributed by atoms with van der Waals surface area (Å²) < 4.78 is 7.79. The van der Waals surface area contributed by atoms with Gasteiger partial charge in [-0.1, -0.05) is 15.9 Å². The molecule has 1 aliphatic rings. The topological polar surface area (TPSA) is 54.8 Å². The zero-order chi connectivity index (χ0) is 19.0. The van der Waals surface area contributed by atoms with Gasteiger partial charge in [-0.2, -0.15) is 0 Å². The number of thiocarbonyl (C=S) groups is 1. The Morgan fingerprint density at radius 1 is 1.31 bits per heavy atom. The van der Waals surface area contributed by atoms with Crippen molar-refractivity contribution < 1.29 is 14.3 Å². The molecule has 1 amide bonds. The third kappa shape index (κ3) is 3.26. The number of ether oxygens (including phenoxy) is 1. The molecule has 2 aromatic rings. The van der Waals surface area contributed by atoms with Gasteiger partial charge < -0.3 is 14.2 Å². The highest BCUT2D eigenvalue weighted by Crippen LogP contribution is 2.29. The predicted molar refractivity (Wildman–Crippen MR) is 107 cm³/mol. The standard InChI is InChI=1S/C18H18BrN3O3S/c1-4-25-16(23)10-22-9-11(13-8-12(19)5-6-14(13)22)7-15-17(24)21(3)18(26)20(15)2/h5-9H,4,10H2,1-3H3/b15-7-. The molecule has 1 aromatic heterocycles. The van der Waals surface area contributed by atoms with E-state index < -0.39 is 0 Å². The smallest absolute Gasteiger partial charge is 0.325 e. The van der Waals surface area contributed by atoms with Crippen LogP contribution < -0.4 is 0 Å². The van der Waals surface area contributed by atoms with E-state index in [1.807, 2.05) is 29.0 Å². The number of carbonyl (C=O) groups is 2. The van der Waals surface area contributed by atoms with Crippen molar-refractivity contribution in [1.29, 1.82) is 0 Å². The van der Waals surface area contributed by atoms with Gasteiger partial charge in [0.2, 0.25) is 0 Å². The second kappa shape index (κ2) is 7.20. The van der Waals surface area contributed by atoms with Crippen molar-refractivity contribution in [2.45, 2.75) is 13.5 Å². The number of esters is 1. The molecule has 8 heteroatoms. The zero-order valence-electron chi connectivity index (χ0n) is 14.7. The summed E-state index contributed by atoms with van der Waals surface area (Å²) in [6.45, 7) is 2.22. The van der Waals surface area contributed by atoms with Crippen LogP contribution in [0.25, 0.3) is 17.0 Å². The summed E-state index contributed by atoms with van der Waals surface area (Å²) >= 11 is 8.74. The van der Waals surface area contributed by atoms with Crippen LogP contribution in [-0.2, 0) is 20.9 Å². The number of carbonyl (C=O) groups excluding carboxylic acids is 2. The molecule has 2 heterocycles. The molecule has 0 unspecified atom stereocenters. The third-order valence-corrected chi connectivity index (χ3v) is 5.27. The molecule has 1 saturated heterocycles. The fraction of sp³-hybridized carbons (Fsp3) is 0.278. The Hall–Kier alpha value is -2.19. The second-order valence-electron chi connectivity index (χ2n) is 5.91. The normalized spacial score (nSPS) is 16.2. The zero-order valence-corrected chi connectivity index (χ0v) is 17.1. The number of aromatic nitrogens is 1. The van der Waals surface area contributed by atoms with Gasteiger partial charge in [0, 0.05) is 41.2 Å². The second-order valence-corrected chi connectivity index (χ2v) is 7.19. The number of hydrogen-bond donors (Lipinski definition) is 0. The Kier molecular flexibility index (Phi) is 5.15. The molecule has 0 spiro atoms. The fourth-order valence-corrected chi connectivity index (χ4v) is 3.47. The number of fused-ring (bicyclic) bond motifs is 1. The van der Waals surface area contributed by atoms with Gasteiger partial charge in [0.1, 0.15) is 12.2 Å². The number of benzene rings is 1. The Morgan fingerprint density at radius 2 is 2.04 bits per heavy atom. The number of halogens is 1. The van der Waals surface area contributed by atoms with Crippen molar-refractivity contribution in [3.63, 3.8) is 0 Å². The Balaban J connectivity index is 2.10. The lowest BCUT2D eigenvalue weighted by atomic mass is 10.1. The first-order chi connectivity index (χ1) is 12.3. The molecule has 1 aromatic carbocycles. The van der Waals surface area contributed by atoms with Crippen molar-refractivity contribution in [3.05, 3.63) is 40.1 Å². The summed E-state index contributed by atoms with van der Waals surface area (Å²) in [4.78, 5) is 27.5. The van der Waals surface area contributed by atoms with Crippen molar-refractivity contribution in [2.24, 2.45) is 0 Å². The van der Waals surface area contributed by atoms with Crippen LogP contribution >= 0.6 is 28.1 Å². The molecule has 3 rings (SSSR count). The van der Waals surface area contributed by atoms with Gasteiger partial charge in [-0.3, -0.25) is 14.5 Å². The van der Waals surface area contributed by atoms with E-state index in [0.717, 1.165) is 20.9 Å². The molecule has 0 radical (unpaired) electrons. The van der Waals surface area contributed by atoms with E-state index >= 15 is 0 Å². The van der Waals surface area contributed by atoms with Gasteiger partial charge in [0.25, 0.3) is 5.91 Å². The Bertz CT molecular complexity index is 951. The van der Waals surface area contributed by atoms with Crippen LogP contribution in [0.3, 0.4) is 0 Å². The average Bonchev–Trinajstić information content (AvgIpc) is 3.01. The lowest BCUT2D eigenvalue weighted by Gasteiger charge is -2.10. The molecule has 0 atom stereocenters. The van der Waals surface area contributed by atoms with E-state index in [4.69, 9.17) is 17.0 Å². The minimum Gasteiger partial charge on any atom is -0.465 e. The van der Waals surface area contributed by atoms with Gasteiger partial charge in [-0.15, -0.1) is 0 Å². The van der Waals surface area contributed by atoms with E-state index in [0.29, 0.717) is 17.4 Å². The van der Waals surface area contributed by atoms with E-state index in [2.05, 4.69) is 15.9 Å². The van der Waals surface area contributed by atoms with E-state index in [-0.39, 0.29) is 18.4 Å². The molecule has 0 saturated carbocycles. The van der Waals surface area contributed by atoms with Gasteiger partial charge >= 0.3 is 5.97 Å². The lowest BCUT2D eigenvalue weighted by Crippen LogP contribution is -2.26. The van der Waals surface area contributed by atoms with Gasteiger partial charge in [0.15, 0.2) is 5.11 Å². The summed E-state index contributed by atoms with van der Waals surface area (Å²) in [5, 5.41) is 1.38.